The summed E-state index contributed by atoms with van der Waals surface area (Å²) < 4.78 is 1.10. The average molecular weight is 347 g/mol. The molecule has 2 rings (SSSR count). The molecule has 0 unspecified atom stereocenters. The van der Waals surface area contributed by atoms with E-state index in [0.29, 0.717) is 0 Å². The van der Waals surface area contributed by atoms with E-state index in [0.717, 1.165) is 48.7 Å². The molecule has 1 fully saturated rings. The molecule has 1 aromatic heterocycles. The molecule has 1 aromatic rings. The van der Waals surface area contributed by atoms with E-state index in [-0.39, 0.29) is 0 Å². The fourth-order valence-electron chi connectivity index (χ4n) is 1.92. The number of piperazine rings is 1. The van der Waals surface area contributed by atoms with Crippen LogP contribution in [0, 0.1) is 3.57 Å². The van der Waals surface area contributed by atoms with Gasteiger partial charge in [-0.1, -0.05) is 0 Å². The summed E-state index contributed by atoms with van der Waals surface area (Å²) in [5, 5.41) is 3.37. The number of nitrogens with one attached hydrogen (secondary N) is 1. The third-order valence-electron chi connectivity index (χ3n) is 2.97. The minimum absolute atomic E-state index is 1.01. The molecular formula is C11H18IN5. The molecule has 6 heteroatoms. The van der Waals surface area contributed by atoms with Gasteiger partial charge in [-0.3, -0.25) is 4.90 Å². The van der Waals surface area contributed by atoms with E-state index in [2.05, 4.69) is 54.7 Å². The molecule has 0 aromatic carbocycles. The number of anilines is 1. The number of likely N-dealkylation sites (N-methyl/N-ethyl adjacent to an activating group) is 1. The molecule has 0 radical (unpaired) electrons. The third kappa shape index (κ3) is 3.75. The second-order valence-electron chi connectivity index (χ2n) is 4.21. The van der Waals surface area contributed by atoms with Crippen LogP contribution in [0.2, 0.25) is 0 Å². The standard InChI is InChI=1S/C11H18IN5/c1-16(11-10(12)8-14-9-15-11)6-7-17-4-2-13-3-5-17/h8-9,13H,2-7H2,1H3. The Balaban J connectivity index is 1.84. The van der Waals surface area contributed by atoms with Crippen LogP contribution >= 0.6 is 22.6 Å². The van der Waals surface area contributed by atoms with E-state index < -0.39 is 0 Å². The van der Waals surface area contributed by atoms with Crippen LogP contribution in [0.25, 0.3) is 0 Å². The van der Waals surface area contributed by atoms with Crippen molar-refractivity contribution in [2.45, 2.75) is 0 Å². The van der Waals surface area contributed by atoms with Crippen LogP contribution < -0.4 is 10.2 Å². The minimum atomic E-state index is 1.01. The van der Waals surface area contributed by atoms with Crippen molar-refractivity contribution in [3.05, 3.63) is 16.1 Å². The van der Waals surface area contributed by atoms with E-state index in [9.17, 15) is 0 Å². The zero-order valence-electron chi connectivity index (χ0n) is 10.1. The van der Waals surface area contributed by atoms with Gasteiger partial charge in [0.05, 0.1) is 3.57 Å². The molecule has 0 amide bonds. The Hall–Kier alpha value is -0.470. The predicted molar refractivity (Wildman–Crippen MR) is 77.3 cm³/mol. The summed E-state index contributed by atoms with van der Waals surface area (Å²) in [6, 6.07) is 0. The highest BCUT2D eigenvalue weighted by Gasteiger charge is 2.12. The summed E-state index contributed by atoms with van der Waals surface area (Å²) >= 11 is 2.28. The average Bonchev–Trinajstić information content (AvgIpc) is 2.38. The highest BCUT2D eigenvalue weighted by atomic mass is 127. The fraction of sp³-hybridized carbons (Fsp3) is 0.636. The molecule has 0 saturated carbocycles. The van der Waals surface area contributed by atoms with E-state index in [1.165, 1.54) is 0 Å². The van der Waals surface area contributed by atoms with Crippen molar-refractivity contribution in [1.82, 2.24) is 20.2 Å². The number of nitrogens with zero attached hydrogens (tertiary/aromatic N) is 4. The number of hydrogen-bond acceptors (Lipinski definition) is 5. The first-order valence-electron chi connectivity index (χ1n) is 5.87. The second-order valence-corrected chi connectivity index (χ2v) is 5.37. The Kier molecular flexibility index (Phi) is 4.93. The second kappa shape index (κ2) is 6.46. The molecule has 1 N–H and O–H groups in total. The van der Waals surface area contributed by atoms with Crippen LogP contribution in [0.15, 0.2) is 12.5 Å². The number of rotatable bonds is 4. The van der Waals surface area contributed by atoms with Crippen LogP contribution in [-0.4, -0.2) is 61.2 Å². The summed E-state index contributed by atoms with van der Waals surface area (Å²) in [5.41, 5.74) is 0. The SMILES string of the molecule is CN(CCN1CCNCC1)c1ncncc1I. The Labute approximate surface area is 116 Å². The predicted octanol–water partition coefficient (Wildman–Crippen LogP) is 0.423. The highest BCUT2D eigenvalue weighted by Crippen LogP contribution is 2.16. The minimum Gasteiger partial charge on any atom is -0.357 e. The van der Waals surface area contributed by atoms with Gasteiger partial charge in [-0.05, 0) is 22.6 Å². The summed E-state index contributed by atoms with van der Waals surface area (Å²) in [5.74, 6) is 1.02. The van der Waals surface area contributed by atoms with E-state index in [1.807, 2.05) is 6.20 Å². The van der Waals surface area contributed by atoms with Gasteiger partial charge < -0.3 is 10.2 Å². The molecule has 1 aliphatic heterocycles. The number of aromatic nitrogens is 2. The summed E-state index contributed by atoms with van der Waals surface area (Å²) in [7, 11) is 2.09. The lowest BCUT2D eigenvalue weighted by atomic mass is 10.3. The first kappa shape index (κ1) is 13.0. The lowest BCUT2D eigenvalue weighted by Crippen LogP contribution is -2.46. The van der Waals surface area contributed by atoms with Gasteiger partial charge in [0.2, 0.25) is 0 Å². The quantitative estimate of drug-likeness (QED) is 0.800. The maximum atomic E-state index is 4.32. The smallest absolute Gasteiger partial charge is 0.145 e. The van der Waals surface area contributed by atoms with Crippen LogP contribution in [-0.2, 0) is 0 Å². The Bertz CT molecular complexity index is 353. The molecule has 0 atom stereocenters. The molecule has 0 spiro atoms. The molecule has 0 aliphatic carbocycles. The summed E-state index contributed by atoms with van der Waals surface area (Å²) in [4.78, 5) is 13.0. The van der Waals surface area contributed by atoms with Crippen LogP contribution in [0.5, 0.6) is 0 Å². The fourth-order valence-corrected chi connectivity index (χ4v) is 2.63. The van der Waals surface area contributed by atoms with Gasteiger partial charge in [0, 0.05) is 52.5 Å². The number of hydrogen-bond donors (Lipinski definition) is 1. The van der Waals surface area contributed by atoms with Gasteiger partial charge in [0.1, 0.15) is 12.1 Å². The topological polar surface area (TPSA) is 44.3 Å². The molecule has 2 heterocycles. The zero-order valence-corrected chi connectivity index (χ0v) is 12.2. The van der Waals surface area contributed by atoms with Crippen molar-refractivity contribution in [3.63, 3.8) is 0 Å². The maximum absolute atomic E-state index is 4.32. The van der Waals surface area contributed by atoms with Crippen molar-refractivity contribution in [1.29, 1.82) is 0 Å². The zero-order chi connectivity index (χ0) is 12.1. The third-order valence-corrected chi connectivity index (χ3v) is 3.73. The Morgan fingerprint density at radius 2 is 2.24 bits per heavy atom. The largest absolute Gasteiger partial charge is 0.357 e. The van der Waals surface area contributed by atoms with Gasteiger partial charge in [-0.2, -0.15) is 0 Å². The molecular weight excluding hydrogens is 329 g/mol. The normalized spacial score (nSPS) is 17.1. The Morgan fingerprint density at radius 3 is 2.94 bits per heavy atom. The molecule has 0 bridgehead atoms. The van der Waals surface area contributed by atoms with Gasteiger partial charge in [-0.15, -0.1) is 0 Å². The van der Waals surface area contributed by atoms with Crippen molar-refractivity contribution >= 4 is 28.4 Å². The monoisotopic (exact) mass is 347 g/mol. The molecule has 5 nitrogen and oxygen atoms in total. The molecule has 1 saturated heterocycles. The van der Waals surface area contributed by atoms with E-state index in [4.69, 9.17) is 0 Å². The van der Waals surface area contributed by atoms with Crippen LogP contribution in [0.4, 0.5) is 5.82 Å². The van der Waals surface area contributed by atoms with E-state index >= 15 is 0 Å². The lowest BCUT2D eigenvalue weighted by molar-refractivity contribution is 0.246. The number of halogens is 1. The molecule has 94 valence electrons. The van der Waals surface area contributed by atoms with Crippen molar-refractivity contribution in [2.75, 3.05) is 51.2 Å². The molecule has 17 heavy (non-hydrogen) atoms. The first-order chi connectivity index (χ1) is 8.27. The van der Waals surface area contributed by atoms with Crippen molar-refractivity contribution < 1.29 is 0 Å². The van der Waals surface area contributed by atoms with Crippen LogP contribution in [0.1, 0.15) is 0 Å². The van der Waals surface area contributed by atoms with Crippen LogP contribution in [0.3, 0.4) is 0 Å². The van der Waals surface area contributed by atoms with Gasteiger partial charge in [0.15, 0.2) is 0 Å². The van der Waals surface area contributed by atoms with E-state index in [1.54, 1.807) is 6.33 Å². The van der Waals surface area contributed by atoms with Crippen molar-refractivity contribution in [2.24, 2.45) is 0 Å². The Morgan fingerprint density at radius 1 is 1.47 bits per heavy atom. The molecule has 1 aliphatic rings. The highest BCUT2D eigenvalue weighted by molar-refractivity contribution is 14.1. The maximum Gasteiger partial charge on any atom is 0.145 e. The summed E-state index contributed by atoms with van der Waals surface area (Å²) in [6.45, 7) is 6.61. The lowest BCUT2D eigenvalue weighted by Gasteiger charge is -2.29. The first-order valence-corrected chi connectivity index (χ1v) is 6.95. The van der Waals surface area contributed by atoms with Gasteiger partial charge in [0.25, 0.3) is 0 Å². The summed E-state index contributed by atoms with van der Waals surface area (Å²) in [6.07, 6.45) is 3.46. The van der Waals surface area contributed by atoms with Crippen molar-refractivity contribution in [3.8, 4) is 0 Å². The van der Waals surface area contributed by atoms with Gasteiger partial charge in [-0.25, -0.2) is 9.97 Å². The van der Waals surface area contributed by atoms with Gasteiger partial charge >= 0.3 is 0 Å².